The van der Waals surface area contributed by atoms with Gasteiger partial charge in [0.2, 0.25) is 5.82 Å². The predicted octanol–water partition coefficient (Wildman–Crippen LogP) is 3.59. The molecule has 0 amide bonds. The molecule has 0 N–H and O–H groups in total. The number of nitro groups is 1. The number of benzene rings is 1. The average molecular weight is 317 g/mol. The minimum atomic E-state index is -0.486. The van der Waals surface area contributed by atoms with Crippen molar-refractivity contribution in [1.29, 1.82) is 0 Å². The average Bonchev–Trinajstić information content (AvgIpc) is 3.16. The minimum Gasteiger partial charge on any atom is -0.477 e. The summed E-state index contributed by atoms with van der Waals surface area (Å²) < 4.78 is 10.6. The Morgan fingerprint density at radius 2 is 2.27 bits per heavy atom. The van der Waals surface area contributed by atoms with Crippen molar-refractivity contribution in [3.63, 3.8) is 0 Å². The molecule has 8 heteroatoms. The topological polar surface area (TPSA) is 91.3 Å². The molecule has 0 atom stereocenters. The summed E-state index contributed by atoms with van der Waals surface area (Å²) in [6.07, 6.45) is 0. The normalized spacial score (nSPS) is 10.6. The van der Waals surface area contributed by atoms with Gasteiger partial charge in [0.05, 0.1) is 9.80 Å². The second-order valence-electron chi connectivity index (χ2n) is 4.51. The van der Waals surface area contributed by atoms with E-state index < -0.39 is 4.92 Å². The first-order valence-corrected chi connectivity index (χ1v) is 7.26. The molecule has 3 rings (SSSR count). The Bertz CT molecular complexity index is 798. The molecule has 0 aliphatic rings. The third-order valence-electron chi connectivity index (χ3n) is 2.87. The lowest BCUT2D eigenvalue weighted by molar-refractivity contribution is -0.386. The Hall–Kier alpha value is -2.74. The van der Waals surface area contributed by atoms with E-state index in [4.69, 9.17) is 9.26 Å². The molecule has 0 spiro atoms. The maximum atomic E-state index is 11.0. The fourth-order valence-electron chi connectivity index (χ4n) is 1.85. The van der Waals surface area contributed by atoms with Crippen molar-refractivity contribution >= 4 is 17.0 Å². The maximum Gasteiger partial charge on any atom is 0.310 e. The van der Waals surface area contributed by atoms with Gasteiger partial charge in [-0.15, -0.1) is 11.3 Å². The molecule has 0 fully saturated rings. The summed E-state index contributed by atoms with van der Waals surface area (Å²) in [5.41, 5.74) is 0.772. The first kappa shape index (κ1) is 14.2. The van der Waals surface area contributed by atoms with Gasteiger partial charge in [-0.1, -0.05) is 17.3 Å². The molecule has 1 aromatic carbocycles. The van der Waals surface area contributed by atoms with Crippen molar-refractivity contribution in [2.45, 2.75) is 13.5 Å². The molecule has 112 valence electrons. The van der Waals surface area contributed by atoms with Crippen LogP contribution in [0.3, 0.4) is 0 Å². The molecule has 0 aliphatic carbocycles. The second-order valence-corrected chi connectivity index (χ2v) is 5.45. The zero-order valence-corrected chi connectivity index (χ0v) is 12.4. The number of thiophene rings is 1. The van der Waals surface area contributed by atoms with Crippen LogP contribution in [0.2, 0.25) is 0 Å². The Labute approximate surface area is 129 Å². The van der Waals surface area contributed by atoms with Gasteiger partial charge in [0.25, 0.3) is 5.89 Å². The van der Waals surface area contributed by atoms with Gasteiger partial charge >= 0.3 is 5.69 Å². The number of ether oxygens (including phenoxy) is 1. The standard InChI is InChI=1S/C14H11N3O4S/c1-9-4-5-10(17(18)19)11(7-9)20-8-13-15-14(16-21-13)12-3-2-6-22-12/h2-7H,8H2,1H3. The largest absolute Gasteiger partial charge is 0.477 e. The molecule has 2 heterocycles. The van der Waals surface area contributed by atoms with Crippen LogP contribution in [0.25, 0.3) is 10.7 Å². The van der Waals surface area contributed by atoms with E-state index in [9.17, 15) is 10.1 Å². The van der Waals surface area contributed by atoms with Gasteiger partial charge in [-0.3, -0.25) is 10.1 Å². The van der Waals surface area contributed by atoms with Crippen LogP contribution in [0.15, 0.2) is 40.2 Å². The number of nitro benzene ring substituents is 1. The summed E-state index contributed by atoms with van der Waals surface area (Å²) in [5, 5.41) is 16.8. The van der Waals surface area contributed by atoms with Crippen molar-refractivity contribution in [3.8, 4) is 16.5 Å². The molecule has 2 aromatic heterocycles. The molecule has 0 radical (unpaired) electrons. The molecule has 0 unspecified atom stereocenters. The molecule has 0 saturated heterocycles. The Kier molecular flexibility index (Phi) is 3.84. The van der Waals surface area contributed by atoms with Crippen molar-refractivity contribution in [1.82, 2.24) is 10.1 Å². The van der Waals surface area contributed by atoms with Crippen LogP contribution in [0.1, 0.15) is 11.5 Å². The van der Waals surface area contributed by atoms with Gasteiger partial charge in [0.15, 0.2) is 12.4 Å². The fraction of sp³-hybridized carbons (Fsp3) is 0.143. The summed E-state index contributed by atoms with van der Waals surface area (Å²) in [4.78, 5) is 15.6. The van der Waals surface area contributed by atoms with E-state index in [-0.39, 0.29) is 23.9 Å². The molecule has 0 saturated carbocycles. The van der Waals surface area contributed by atoms with E-state index in [1.165, 1.54) is 17.4 Å². The summed E-state index contributed by atoms with van der Waals surface area (Å²) in [6, 6.07) is 8.45. The zero-order chi connectivity index (χ0) is 15.5. The Morgan fingerprint density at radius 1 is 1.41 bits per heavy atom. The smallest absolute Gasteiger partial charge is 0.310 e. The SMILES string of the molecule is Cc1ccc([N+](=O)[O-])c(OCc2nc(-c3cccs3)no2)c1. The highest BCUT2D eigenvalue weighted by Gasteiger charge is 2.16. The number of aromatic nitrogens is 2. The number of aryl methyl sites for hydroxylation is 1. The fourth-order valence-corrected chi connectivity index (χ4v) is 2.50. The highest BCUT2D eigenvalue weighted by atomic mass is 32.1. The van der Waals surface area contributed by atoms with Crippen molar-refractivity contribution in [3.05, 3.63) is 57.3 Å². The second kappa shape index (κ2) is 5.94. The van der Waals surface area contributed by atoms with Crippen LogP contribution in [0.4, 0.5) is 5.69 Å². The predicted molar refractivity (Wildman–Crippen MR) is 79.8 cm³/mol. The van der Waals surface area contributed by atoms with E-state index in [0.717, 1.165) is 10.4 Å². The van der Waals surface area contributed by atoms with Gasteiger partial charge in [0, 0.05) is 6.07 Å². The van der Waals surface area contributed by atoms with Crippen LogP contribution < -0.4 is 4.74 Å². The molecule has 0 aliphatic heterocycles. The Balaban J connectivity index is 1.76. The van der Waals surface area contributed by atoms with Crippen molar-refractivity contribution in [2.75, 3.05) is 0 Å². The molecular weight excluding hydrogens is 306 g/mol. The van der Waals surface area contributed by atoms with Crippen molar-refractivity contribution < 1.29 is 14.2 Å². The van der Waals surface area contributed by atoms with Gasteiger partial charge in [0.1, 0.15) is 0 Å². The third kappa shape index (κ3) is 2.96. The summed E-state index contributed by atoms with van der Waals surface area (Å²) in [6.45, 7) is 1.81. The van der Waals surface area contributed by atoms with Crippen LogP contribution in [0, 0.1) is 17.0 Å². The monoisotopic (exact) mass is 317 g/mol. The van der Waals surface area contributed by atoms with E-state index >= 15 is 0 Å². The summed E-state index contributed by atoms with van der Waals surface area (Å²) >= 11 is 1.50. The lowest BCUT2D eigenvalue weighted by Gasteiger charge is -2.04. The number of nitrogens with zero attached hydrogens (tertiary/aromatic N) is 3. The molecule has 7 nitrogen and oxygen atoms in total. The number of hydrogen-bond acceptors (Lipinski definition) is 7. The molecule has 0 bridgehead atoms. The van der Waals surface area contributed by atoms with E-state index in [0.29, 0.717) is 5.82 Å². The lowest BCUT2D eigenvalue weighted by Crippen LogP contribution is -1.99. The van der Waals surface area contributed by atoms with E-state index in [1.807, 2.05) is 24.4 Å². The Morgan fingerprint density at radius 3 is 3.00 bits per heavy atom. The number of rotatable bonds is 5. The molecule has 3 aromatic rings. The first-order valence-electron chi connectivity index (χ1n) is 6.38. The van der Waals surface area contributed by atoms with Gasteiger partial charge < -0.3 is 9.26 Å². The highest BCUT2D eigenvalue weighted by Crippen LogP contribution is 2.28. The lowest BCUT2D eigenvalue weighted by atomic mass is 10.2. The number of hydrogen-bond donors (Lipinski definition) is 0. The van der Waals surface area contributed by atoms with Crippen molar-refractivity contribution in [2.24, 2.45) is 0 Å². The molecular formula is C14H11N3O4S. The van der Waals surface area contributed by atoms with Gasteiger partial charge in [-0.25, -0.2) is 0 Å². The summed E-state index contributed by atoms with van der Waals surface area (Å²) in [7, 11) is 0. The van der Waals surface area contributed by atoms with Crippen LogP contribution >= 0.6 is 11.3 Å². The molecule has 22 heavy (non-hydrogen) atoms. The minimum absolute atomic E-state index is 0.0251. The van der Waals surface area contributed by atoms with Crippen LogP contribution in [-0.2, 0) is 6.61 Å². The quantitative estimate of drug-likeness (QED) is 0.527. The van der Waals surface area contributed by atoms with Crippen LogP contribution in [0.5, 0.6) is 5.75 Å². The van der Waals surface area contributed by atoms with E-state index in [1.54, 1.807) is 12.1 Å². The zero-order valence-electron chi connectivity index (χ0n) is 11.6. The van der Waals surface area contributed by atoms with Gasteiger partial charge in [-0.05, 0) is 30.0 Å². The highest BCUT2D eigenvalue weighted by molar-refractivity contribution is 7.13. The van der Waals surface area contributed by atoms with Crippen LogP contribution in [-0.4, -0.2) is 15.1 Å². The first-order chi connectivity index (χ1) is 10.6. The van der Waals surface area contributed by atoms with E-state index in [2.05, 4.69) is 10.1 Å². The van der Waals surface area contributed by atoms with Gasteiger partial charge in [-0.2, -0.15) is 4.98 Å². The third-order valence-corrected chi connectivity index (χ3v) is 3.74. The summed E-state index contributed by atoms with van der Waals surface area (Å²) in [5.74, 6) is 0.924. The maximum absolute atomic E-state index is 11.0.